The number of sulfonamides is 1. The number of piperidine rings is 1. The fraction of sp³-hybridized carbons (Fsp3) is 0.536. The molecule has 1 aromatic carbocycles. The number of methoxy groups -OCH3 is 2. The second-order valence-electron chi connectivity index (χ2n) is 11.1. The predicted molar refractivity (Wildman–Crippen MR) is 159 cm³/mol. The highest BCUT2D eigenvalue weighted by Crippen LogP contribution is 2.34. The van der Waals surface area contributed by atoms with Crippen LogP contribution in [0.5, 0.6) is 5.75 Å². The number of morpholine rings is 1. The largest absolute Gasteiger partial charge is 0.495 e. The topological polar surface area (TPSA) is 158 Å². The quantitative estimate of drug-likeness (QED) is 0.315. The van der Waals surface area contributed by atoms with Crippen LogP contribution in [0.1, 0.15) is 32.3 Å². The van der Waals surface area contributed by atoms with Crippen molar-refractivity contribution in [1.29, 1.82) is 5.26 Å². The molecule has 4 heterocycles. The molecule has 0 spiro atoms. The number of anilines is 3. The molecule has 2 saturated heterocycles. The third-order valence-corrected chi connectivity index (χ3v) is 9.55. The maximum Gasteiger partial charge on any atom is 0.243 e. The summed E-state index contributed by atoms with van der Waals surface area (Å²) in [5.41, 5.74) is 0.893. The Balaban J connectivity index is 1.37. The number of nitrogens with one attached hydrogen (secondary N) is 3. The van der Waals surface area contributed by atoms with Crippen molar-refractivity contribution in [2.45, 2.75) is 43.2 Å². The first-order valence-electron chi connectivity index (χ1n) is 14.0. The minimum absolute atomic E-state index is 0.165. The van der Waals surface area contributed by atoms with Gasteiger partial charge >= 0.3 is 0 Å². The summed E-state index contributed by atoms with van der Waals surface area (Å²) in [7, 11) is -0.603. The lowest BCUT2D eigenvalue weighted by molar-refractivity contribution is 0.00610. The maximum atomic E-state index is 13.6. The van der Waals surface area contributed by atoms with E-state index in [2.05, 4.69) is 36.6 Å². The number of benzene rings is 1. The molecule has 0 unspecified atom stereocenters. The molecule has 5 rings (SSSR count). The Kier molecular flexibility index (Phi) is 8.86. The molecule has 0 amide bonds. The average molecular weight is 599 g/mol. The Morgan fingerprint density at radius 3 is 2.57 bits per heavy atom. The Bertz CT molecular complexity index is 1550. The molecular weight excluding hydrogens is 560 g/mol. The lowest BCUT2D eigenvalue weighted by atomic mass is 10.0. The van der Waals surface area contributed by atoms with Crippen molar-refractivity contribution in [1.82, 2.24) is 24.2 Å². The van der Waals surface area contributed by atoms with Crippen molar-refractivity contribution >= 4 is 38.5 Å². The van der Waals surface area contributed by atoms with Crippen LogP contribution in [0.15, 0.2) is 29.3 Å². The van der Waals surface area contributed by atoms with E-state index in [9.17, 15) is 13.7 Å². The zero-order valence-electron chi connectivity index (χ0n) is 24.4. The fourth-order valence-electron chi connectivity index (χ4n) is 5.58. The van der Waals surface area contributed by atoms with Crippen LogP contribution in [-0.4, -0.2) is 104 Å². The van der Waals surface area contributed by atoms with E-state index >= 15 is 0 Å². The van der Waals surface area contributed by atoms with Gasteiger partial charge in [0.15, 0.2) is 0 Å². The third-order valence-electron chi connectivity index (χ3n) is 7.66. The first-order valence-corrected chi connectivity index (χ1v) is 15.4. The molecule has 0 bridgehead atoms. The molecule has 14 heteroatoms. The summed E-state index contributed by atoms with van der Waals surface area (Å²) in [6.07, 6.45) is 3.17. The number of fused-ring (bicyclic) bond motifs is 1. The van der Waals surface area contributed by atoms with Gasteiger partial charge in [0, 0.05) is 51.6 Å². The normalized spacial score (nSPS) is 17.7. The van der Waals surface area contributed by atoms with E-state index in [0.717, 1.165) is 39.1 Å². The average Bonchev–Trinajstić information content (AvgIpc) is 3.41. The smallest absolute Gasteiger partial charge is 0.243 e. The SMILES string of the molecule is COCC(C)(C)Nc1nc(Nc2ccc(S(=O)(=O)N3CCC(N4CCOCC4)CC3)cc2OC)nc2[nH]cc(C#N)c12. The number of aromatic nitrogens is 3. The molecule has 2 aliphatic rings. The number of ether oxygens (including phenoxy) is 3. The zero-order valence-corrected chi connectivity index (χ0v) is 25.3. The van der Waals surface area contributed by atoms with E-state index in [1.165, 1.54) is 13.2 Å². The number of hydrogen-bond donors (Lipinski definition) is 3. The number of H-pyrrole nitrogens is 1. The van der Waals surface area contributed by atoms with Gasteiger partial charge in [0.05, 0.1) is 54.0 Å². The van der Waals surface area contributed by atoms with Gasteiger partial charge in [0.25, 0.3) is 0 Å². The van der Waals surface area contributed by atoms with Crippen LogP contribution >= 0.6 is 0 Å². The Morgan fingerprint density at radius 2 is 1.90 bits per heavy atom. The van der Waals surface area contributed by atoms with Gasteiger partial charge in [-0.05, 0) is 38.8 Å². The molecule has 2 aliphatic heterocycles. The molecule has 2 fully saturated rings. The summed E-state index contributed by atoms with van der Waals surface area (Å²) < 4.78 is 45.0. The lowest BCUT2D eigenvalue weighted by Crippen LogP contribution is -2.50. The van der Waals surface area contributed by atoms with Gasteiger partial charge in [-0.2, -0.15) is 19.5 Å². The van der Waals surface area contributed by atoms with Crippen molar-refractivity contribution in [2.24, 2.45) is 0 Å². The van der Waals surface area contributed by atoms with Crippen LogP contribution in [-0.2, 0) is 19.5 Å². The molecule has 3 N–H and O–H groups in total. The van der Waals surface area contributed by atoms with E-state index in [0.29, 0.717) is 59.6 Å². The van der Waals surface area contributed by atoms with E-state index in [4.69, 9.17) is 14.2 Å². The number of hydrogen-bond acceptors (Lipinski definition) is 11. The Labute approximate surface area is 246 Å². The standard InChI is InChI=1S/C28H38N8O5S/c1-28(2,18-39-3)34-26-24-19(16-29)17-30-25(24)32-27(33-26)31-22-6-5-21(15-23(22)40-4)42(37,38)36-9-7-20(8-10-36)35-11-13-41-14-12-35/h5-6,15,17,20H,7-14,18H2,1-4H3,(H3,30,31,32,33,34). The molecule has 226 valence electrons. The molecule has 13 nitrogen and oxygen atoms in total. The molecule has 0 radical (unpaired) electrons. The second-order valence-corrected chi connectivity index (χ2v) is 13.1. The van der Waals surface area contributed by atoms with E-state index in [1.807, 2.05) is 13.8 Å². The van der Waals surface area contributed by atoms with Gasteiger partial charge in [-0.15, -0.1) is 0 Å². The molecule has 2 aromatic heterocycles. The lowest BCUT2D eigenvalue weighted by Gasteiger charge is -2.39. The molecule has 0 aliphatic carbocycles. The van der Waals surface area contributed by atoms with Gasteiger partial charge in [-0.1, -0.05) is 0 Å². The van der Waals surface area contributed by atoms with Crippen LogP contribution in [0.4, 0.5) is 17.5 Å². The highest BCUT2D eigenvalue weighted by atomic mass is 32.2. The van der Waals surface area contributed by atoms with Crippen LogP contribution < -0.4 is 15.4 Å². The number of nitriles is 1. The first kappa shape index (κ1) is 30.0. The van der Waals surface area contributed by atoms with Gasteiger partial charge in [-0.25, -0.2) is 8.42 Å². The van der Waals surface area contributed by atoms with Gasteiger partial charge in [-0.3, -0.25) is 4.90 Å². The van der Waals surface area contributed by atoms with E-state index in [-0.39, 0.29) is 10.8 Å². The van der Waals surface area contributed by atoms with E-state index in [1.54, 1.807) is 29.7 Å². The van der Waals surface area contributed by atoms with Crippen LogP contribution in [0.3, 0.4) is 0 Å². The maximum absolute atomic E-state index is 13.6. The van der Waals surface area contributed by atoms with Crippen molar-refractivity contribution in [2.75, 3.05) is 70.9 Å². The van der Waals surface area contributed by atoms with Crippen LogP contribution in [0, 0.1) is 11.3 Å². The van der Waals surface area contributed by atoms with Crippen molar-refractivity contribution in [3.8, 4) is 11.8 Å². The number of nitrogens with zero attached hydrogens (tertiary/aromatic N) is 5. The molecule has 0 saturated carbocycles. The summed E-state index contributed by atoms with van der Waals surface area (Å²) in [6.45, 7) is 8.51. The summed E-state index contributed by atoms with van der Waals surface area (Å²) >= 11 is 0. The minimum Gasteiger partial charge on any atom is -0.495 e. The molecule has 3 aromatic rings. The van der Waals surface area contributed by atoms with Crippen molar-refractivity contribution < 1.29 is 22.6 Å². The summed E-state index contributed by atoms with van der Waals surface area (Å²) in [5.74, 6) is 1.03. The summed E-state index contributed by atoms with van der Waals surface area (Å²) in [5, 5.41) is 16.7. The fourth-order valence-corrected chi connectivity index (χ4v) is 7.07. The minimum atomic E-state index is -3.71. The van der Waals surface area contributed by atoms with E-state index < -0.39 is 15.6 Å². The Hall–Kier alpha value is -3.48. The molecular formula is C28H38N8O5S. The van der Waals surface area contributed by atoms with Gasteiger partial charge < -0.3 is 29.8 Å². The zero-order chi connectivity index (χ0) is 29.9. The Morgan fingerprint density at radius 1 is 1.17 bits per heavy atom. The van der Waals surface area contributed by atoms with Crippen LogP contribution in [0.2, 0.25) is 0 Å². The first-order chi connectivity index (χ1) is 20.1. The van der Waals surface area contributed by atoms with Crippen molar-refractivity contribution in [3.63, 3.8) is 0 Å². The third kappa shape index (κ3) is 6.30. The van der Waals surface area contributed by atoms with Gasteiger partial charge in [0.2, 0.25) is 16.0 Å². The van der Waals surface area contributed by atoms with Crippen molar-refractivity contribution in [3.05, 3.63) is 30.0 Å². The summed E-state index contributed by atoms with van der Waals surface area (Å²) in [6, 6.07) is 7.28. The highest BCUT2D eigenvalue weighted by molar-refractivity contribution is 7.89. The molecule has 0 atom stereocenters. The predicted octanol–water partition coefficient (Wildman–Crippen LogP) is 2.90. The van der Waals surface area contributed by atoms with Crippen LogP contribution in [0.25, 0.3) is 11.0 Å². The second kappa shape index (κ2) is 12.4. The number of aromatic amines is 1. The number of rotatable bonds is 10. The van der Waals surface area contributed by atoms with Gasteiger partial charge in [0.1, 0.15) is 23.3 Å². The summed E-state index contributed by atoms with van der Waals surface area (Å²) in [4.78, 5) is 14.8. The molecule has 42 heavy (non-hydrogen) atoms. The monoisotopic (exact) mass is 598 g/mol. The highest BCUT2D eigenvalue weighted by Gasteiger charge is 2.33.